The lowest BCUT2D eigenvalue weighted by Crippen LogP contribution is -2.16. The van der Waals surface area contributed by atoms with Crippen LogP contribution in [0.25, 0.3) is 69.9 Å². The fraction of sp³-hybridized carbons (Fsp3) is 0.0227. The van der Waals surface area contributed by atoms with Crippen molar-refractivity contribution in [2.75, 3.05) is 0 Å². The zero-order chi connectivity index (χ0) is 33.0. The summed E-state index contributed by atoms with van der Waals surface area (Å²) < 4.78 is 7.48. The van der Waals surface area contributed by atoms with E-state index in [9.17, 15) is 0 Å². The first-order valence-electron chi connectivity index (χ1n) is 16.6. The number of hydrogen-bond acceptors (Lipinski definition) is 5. The van der Waals surface area contributed by atoms with E-state index in [0.717, 1.165) is 70.2 Å². The van der Waals surface area contributed by atoms with Gasteiger partial charge in [-0.15, -0.1) is 11.3 Å². The highest BCUT2D eigenvalue weighted by Gasteiger charge is 2.22. The molecule has 0 saturated carbocycles. The van der Waals surface area contributed by atoms with Crippen molar-refractivity contribution in [3.05, 3.63) is 180 Å². The van der Waals surface area contributed by atoms with Gasteiger partial charge in [-0.25, -0.2) is 4.98 Å². The van der Waals surface area contributed by atoms with Crippen molar-refractivity contribution < 1.29 is 4.42 Å². The molecule has 236 valence electrons. The first-order valence-corrected chi connectivity index (χ1v) is 17.4. The molecule has 0 saturated heterocycles. The van der Waals surface area contributed by atoms with E-state index >= 15 is 0 Å². The first-order chi connectivity index (χ1) is 24.7. The van der Waals surface area contributed by atoms with Gasteiger partial charge in [0.15, 0.2) is 0 Å². The molecule has 0 fully saturated rings. The van der Waals surface area contributed by atoms with E-state index in [1.54, 1.807) is 11.3 Å². The lowest BCUT2D eigenvalue weighted by molar-refractivity contribution is 0.669. The Morgan fingerprint density at radius 3 is 2.02 bits per heavy atom. The largest absolute Gasteiger partial charge is 0.456 e. The summed E-state index contributed by atoms with van der Waals surface area (Å²) in [6, 6.07) is 54.3. The van der Waals surface area contributed by atoms with Crippen LogP contribution in [0.2, 0.25) is 0 Å². The van der Waals surface area contributed by atoms with Gasteiger partial charge in [0.2, 0.25) is 0 Å². The first kappa shape index (κ1) is 28.6. The van der Waals surface area contributed by atoms with E-state index < -0.39 is 6.17 Å². The van der Waals surface area contributed by atoms with Gasteiger partial charge in [-0.1, -0.05) is 139 Å². The molecule has 0 aliphatic carbocycles. The summed E-state index contributed by atoms with van der Waals surface area (Å²) in [5.41, 5.74) is 8.76. The minimum Gasteiger partial charge on any atom is -0.456 e. The number of fused-ring (bicyclic) bond motifs is 6. The molecule has 1 atom stereocenters. The number of aromatic nitrogens is 1. The average molecular weight is 660 g/mol. The minimum absolute atomic E-state index is 0.460. The topological polar surface area (TPSA) is 64.8 Å². The van der Waals surface area contributed by atoms with Gasteiger partial charge in [-0.2, -0.15) is 0 Å². The minimum atomic E-state index is -0.460. The summed E-state index contributed by atoms with van der Waals surface area (Å²) >= 11 is 1.66. The van der Waals surface area contributed by atoms with Crippen molar-refractivity contribution in [1.29, 1.82) is 0 Å². The second-order valence-corrected chi connectivity index (χ2v) is 13.4. The zero-order valence-corrected chi connectivity index (χ0v) is 27.5. The van der Waals surface area contributed by atoms with Crippen molar-refractivity contribution in [3.8, 4) is 21.7 Å². The van der Waals surface area contributed by atoms with Gasteiger partial charge in [0, 0.05) is 16.5 Å². The molecule has 10 rings (SSSR count). The van der Waals surface area contributed by atoms with E-state index in [1.807, 2.05) is 60.7 Å². The molecule has 50 heavy (non-hydrogen) atoms. The highest BCUT2D eigenvalue weighted by atomic mass is 32.1. The molecule has 0 N–H and O–H groups in total. The van der Waals surface area contributed by atoms with Crippen molar-refractivity contribution in [2.45, 2.75) is 6.17 Å². The molecule has 7 aromatic carbocycles. The van der Waals surface area contributed by atoms with Crippen LogP contribution in [-0.4, -0.2) is 16.7 Å². The monoisotopic (exact) mass is 659 g/mol. The van der Waals surface area contributed by atoms with E-state index in [1.165, 1.54) is 11.1 Å². The summed E-state index contributed by atoms with van der Waals surface area (Å²) in [7, 11) is 0. The number of benzene rings is 7. The number of amidine groups is 2. The van der Waals surface area contributed by atoms with Crippen LogP contribution in [0.3, 0.4) is 0 Å². The Morgan fingerprint density at radius 1 is 0.580 bits per heavy atom. The predicted octanol–water partition coefficient (Wildman–Crippen LogP) is 12.0. The number of para-hydroxylation sites is 1. The second kappa shape index (κ2) is 11.7. The van der Waals surface area contributed by atoms with Crippen molar-refractivity contribution in [3.63, 3.8) is 0 Å². The number of aliphatic imine (C=N–C) groups is 2. The second-order valence-electron chi connectivity index (χ2n) is 12.4. The molecule has 6 heteroatoms. The van der Waals surface area contributed by atoms with Crippen LogP contribution in [0.1, 0.15) is 22.9 Å². The van der Waals surface area contributed by atoms with Gasteiger partial charge in [0.1, 0.15) is 16.2 Å². The third-order valence-corrected chi connectivity index (χ3v) is 10.4. The molecule has 1 aliphatic heterocycles. The molecular formula is C44H27N4OS-. The van der Waals surface area contributed by atoms with Gasteiger partial charge in [-0.05, 0) is 57.3 Å². The number of thiazole rings is 1. The predicted molar refractivity (Wildman–Crippen MR) is 207 cm³/mol. The third-order valence-electron chi connectivity index (χ3n) is 9.27. The van der Waals surface area contributed by atoms with Gasteiger partial charge in [0.25, 0.3) is 0 Å². The Hall–Kier alpha value is -6.37. The Labute approximate surface area is 291 Å². The van der Waals surface area contributed by atoms with E-state index in [2.05, 4.69) is 97.1 Å². The number of hydrogen-bond donors (Lipinski definition) is 0. The fourth-order valence-electron chi connectivity index (χ4n) is 6.81. The van der Waals surface area contributed by atoms with Gasteiger partial charge < -0.3 is 14.7 Å². The van der Waals surface area contributed by atoms with Crippen molar-refractivity contribution in [2.24, 2.45) is 9.98 Å². The van der Waals surface area contributed by atoms with Crippen LogP contribution >= 0.6 is 11.3 Å². The van der Waals surface area contributed by atoms with Crippen LogP contribution in [0.4, 0.5) is 0 Å². The van der Waals surface area contributed by atoms with Crippen molar-refractivity contribution in [1.82, 2.24) is 4.98 Å². The maximum absolute atomic E-state index is 6.46. The lowest BCUT2D eigenvalue weighted by atomic mass is 9.99. The zero-order valence-electron chi connectivity index (χ0n) is 26.7. The molecule has 2 aromatic heterocycles. The maximum atomic E-state index is 6.46. The van der Waals surface area contributed by atoms with E-state index in [0.29, 0.717) is 11.7 Å². The third kappa shape index (κ3) is 4.88. The van der Waals surface area contributed by atoms with Crippen LogP contribution in [-0.2, 0) is 0 Å². The van der Waals surface area contributed by atoms with Crippen molar-refractivity contribution >= 4 is 65.9 Å². The van der Waals surface area contributed by atoms with Gasteiger partial charge in [0.05, 0.1) is 27.6 Å². The lowest BCUT2D eigenvalue weighted by Gasteiger charge is -2.32. The number of furan rings is 1. The Morgan fingerprint density at radius 2 is 1.24 bits per heavy atom. The summed E-state index contributed by atoms with van der Waals surface area (Å²) in [6.45, 7) is 0. The standard InChI is InChI=1S/C44H27N4OS/c1-4-12-27(13-5-1)30-20-21-32-25-33(23-22-31(32)24-30)42-46-41(28-14-6-2-7-15-28)47-43(48-42)35-26-37-38(34-18-10-11-19-36(34)49-37)39-40(35)50-44(45-39)29-16-8-3-9-17-29/h1-26,41H/q-1. The number of nitrogens with zero attached hydrogens (tertiary/aromatic N) is 4. The van der Waals surface area contributed by atoms with E-state index in [4.69, 9.17) is 24.7 Å². The Bertz CT molecular complexity index is 2780. The Balaban J connectivity index is 1.16. The maximum Gasteiger partial charge on any atom is 0.138 e. The van der Waals surface area contributed by atoms with Gasteiger partial charge >= 0.3 is 0 Å². The molecule has 1 aliphatic rings. The normalized spacial score (nSPS) is 14.6. The number of rotatable bonds is 5. The van der Waals surface area contributed by atoms with Gasteiger partial charge in [-0.3, -0.25) is 4.99 Å². The molecule has 5 nitrogen and oxygen atoms in total. The fourth-order valence-corrected chi connectivity index (χ4v) is 7.89. The molecule has 0 radical (unpaired) electrons. The Kier molecular flexibility index (Phi) is 6.67. The SMILES string of the molecule is c1ccc(-c2ccc3cc(C4=NC(c5cc6oc7ccccc7c6c6nc(-c7ccccc7)sc56)=NC(c5ccccc5)[N-]4)ccc3c2)cc1. The average Bonchev–Trinajstić information content (AvgIpc) is 3.80. The van der Waals surface area contributed by atoms with Crippen LogP contribution in [0.5, 0.6) is 0 Å². The summed E-state index contributed by atoms with van der Waals surface area (Å²) in [4.78, 5) is 15.6. The molecule has 0 amide bonds. The molecule has 3 heterocycles. The quantitative estimate of drug-likeness (QED) is 0.185. The highest BCUT2D eigenvalue weighted by molar-refractivity contribution is 7.22. The molecule has 0 spiro atoms. The van der Waals surface area contributed by atoms with Crippen LogP contribution in [0, 0.1) is 0 Å². The molecular weight excluding hydrogens is 633 g/mol. The molecule has 1 unspecified atom stereocenters. The molecule has 9 aromatic rings. The smallest absolute Gasteiger partial charge is 0.138 e. The summed E-state index contributed by atoms with van der Waals surface area (Å²) in [6.07, 6.45) is -0.460. The van der Waals surface area contributed by atoms with Crippen LogP contribution in [0.15, 0.2) is 172 Å². The molecule has 0 bridgehead atoms. The highest BCUT2D eigenvalue weighted by Crippen LogP contribution is 2.42. The summed E-state index contributed by atoms with van der Waals surface area (Å²) in [5.74, 6) is 1.25. The summed E-state index contributed by atoms with van der Waals surface area (Å²) in [5, 5.41) is 10.4. The van der Waals surface area contributed by atoms with Crippen LogP contribution < -0.4 is 0 Å². The van der Waals surface area contributed by atoms with E-state index in [-0.39, 0.29) is 0 Å².